The standard InChI is InChI=1S/C31H36ClN3O6S/c1-4-22(3)33-31(37)27(17-23-10-7-6-8-11-23)34(19-24-12-9-13-25(32)16-24)30(36)20-35(42(38,39)5-2)26-14-15-28-29(18-26)41-21-40-28/h6-16,18,22,27H,4-5,17,19-21H2,1-3H3,(H,33,37)/t22-,27+/m0/s1. The Morgan fingerprint density at radius 3 is 2.36 bits per heavy atom. The number of carbonyl (C=O) groups is 2. The van der Waals surface area contributed by atoms with Crippen LogP contribution in [0, 0.1) is 0 Å². The van der Waals surface area contributed by atoms with Crippen molar-refractivity contribution in [3.05, 3.63) is 88.9 Å². The highest BCUT2D eigenvalue weighted by atomic mass is 35.5. The van der Waals surface area contributed by atoms with Gasteiger partial charge in [0.15, 0.2) is 11.5 Å². The molecule has 0 fully saturated rings. The number of fused-ring (bicyclic) bond motifs is 1. The summed E-state index contributed by atoms with van der Waals surface area (Å²) in [5.41, 5.74) is 1.83. The van der Waals surface area contributed by atoms with E-state index in [0.717, 1.165) is 9.87 Å². The average Bonchev–Trinajstić information content (AvgIpc) is 3.46. The van der Waals surface area contributed by atoms with E-state index in [0.29, 0.717) is 28.5 Å². The lowest BCUT2D eigenvalue weighted by Gasteiger charge is -2.34. The summed E-state index contributed by atoms with van der Waals surface area (Å²) in [6.07, 6.45) is 0.943. The highest BCUT2D eigenvalue weighted by Gasteiger charge is 2.34. The normalized spacial score (nSPS) is 13.7. The van der Waals surface area contributed by atoms with Crippen LogP contribution in [-0.4, -0.2) is 56.3 Å². The maximum Gasteiger partial charge on any atom is 0.244 e. The Morgan fingerprint density at radius 2 is 1.67 bits per heavy atom. The third-order valence-corrected chi connectivity index (χ3v) is 9.11. The van der Waals surface area contributed by atoms with Crippen LogP contribution < -0.4 is 19.1 Å². The van der Waals surface area contributed by atoms with Gasteiger partial charge in [0.25, 0.3) is 0 Å². The Balaban J connectivity index is 1.75. The van der Waals surface area contributed by atoms with Crippen molar-refractivity contribution in [2.75, 3.05) is 23.4 Å². The van der Waals surface area contributed by atoms with Crippen molar-refractivity contribution in [1.82, 2.24) is 10.2 Å². The lowest BCUT2D eigenvalue weighted by atomic mass is 10.0. The number of halogens is 1. The van der Waals surface area contributed by atoms with E-state index in [1.807, 2.05) is 50.2 Å². The second-order valence-corrected chi connectivity index (χ2v) is 12.7. The maximum atomic E-state index is 14.3. The fraction of sp³-hybridized carbons (Fsp3) is 0.355. The Kier molecular flexibility index (Phi) is 10.3. The molecule has 1 heterocycles. The second kappa shape index (κ2) is 13.9. The summed E-state index contributed by atoms with van der Waals surface area (Å²) >= 11 is 6.26. The van der Waals surface area contributed by atoms with Crippen molar-refractivity contribution >= 4 is 39.1 Å². The van der Waals surface area contributed by atoms with Crippen molar-refractivity contribution in [2.24, 2.45) is 0 Å². The molecule has 0 unspecified atom stereocenters. The van der Waals surface area contributed by atoms with Gasteiger partial charge in [-0.1, -0.05) is 61.0 Å². The summed E-state index contributed by atoms with van der Waals surface area (Å²) < 4.78 is 38.5. The summed E-state index contributed by atoms with van der Waals surface area (Å²) in [6.45, 7) is 4.93. The van der Waals surface area contributed by atoms with Crippen LogP contribution in [-0.2, 0) is 32.6 Å². The van der Waals surface area contributed by atoms with Crippen LogP contribution in [0.4, 0.5) is 5.69 Å². The lowest BCUT2D eigenvalue weighted by molar-refractivity contribution is -0.140. The number of benzene rings is 3. The average molecular weight is 614 g/mol. The quantitative estimate of drug-likeness (QED) is 0.298. The fourth-order valence-corrected chi connectivity index (χ4v) is 5.85. The fourth-order valence-electron chi connectivity index (χ4n) is 4.59. The second-order valence-electron chi connectivity index (χ2n) is 10.1. The topological polar surface area (TPSA) is 105 Å². The van der Waals surface area contributed by atoms with Gasteiger partial charge in [0.2, 0.25) is 28.6 Å². The van der Waals surface area contributed by atoms with Gasteiger partial charge in [0, 0.05) is 30.1 Å². The van der Waals surface area contributed by atoms with E-state index in [1.165, 1.54) is 11.8 Å². The summed E-state index contributed by atoms with van der Waals surface area (Å²) in [4.78, 5) is 29.5. The molecule has 0 spiro atoms. The molecule has 3 aromatic carbocycles. The monoisotopic (exact) mass is 613 g/mol. The zero-order chi connectivity index (χ0) is 30.3. The molecule has 1 aliphatic heterocycles. The molecule has 2 amide bonds. The number of hydrogen-bond acceptors (Lipinski definition) is 6. The molecule has 0 saturated carbocycles. The SMILES string of the molecule is CC[C@H](C)NC(=O)[C@@H](Cc1ccccc1)N(Cc1cccc(Cl)c1)C(=O)CN(c1ccc2c(c1)OCO2)S(=O)(=O)CC. The molecule has 11 heteroatoms. The van der Waals surface area contributed by atoms with Gasteiger partial charge in [-0.25, -0.2) is 8.42 Å². The van der Waals surface area contributed by atoms with Crippen LogP contribution in [0.25, 0.3) is 0 Å². The molecular formula is C31H36ClN3O6S. The van der Waals surface area contributed by atoms with Crippen LogP contribution in [0.2, 0.25) is 5.02 Å². The third-order valence-electron chi connectivity index (χ3n) is 7.14. The summed E-state index contributed by atoms with van der Waals surface area (Å²) in [6, 6.07) is 20.1. The molecule has 1 aliphatic rings. The molecule has 42 heavy (non-hydrogen) atoms. The minimum Gasteiger partial charge on any atom is -0.454 e. The number of anilines is 1. The molecule has 9 nitrogen and oxygen atoms in total. The Labute approximate surface area is 252 Å². The van der Waals surface area contributed by atoms with E-state index in [4.69, 9.17) is 21.1 Å². The van der Waals surface area contributed by atoms with Crippen molar-refractivity contribution < 1.29 is 27.5 Å². The van der Waals surface area contributed by atoms with E-state index >= 15 is 0 Å². The number of sulfonamides is 1. The van der Waals surface area contributed by atoms with Gasteiger partial charge in [-0.2, -0.15) is 0 Å². The van der Waals surface area contributed by atoms with E-state index in [9.17, 15) is 18.0 Å². The molecule has 3 aromatic rings. The van der Waals surface area contributed by atoms with Crippen molar-refractivity contribution in [2.45, 2.75) is 52.2 Å². The number of carbonyl (C=O) groups excluding carboxylic acids is 2. The zero-order valence-electron chi connectivity index (χ0n) is 24.0. The number of amides is 2. The molecule has 0 saturated heterocycles. The number of nitrogens with one attached hydrogen (secondary N) is 1. The first-order chi connectivity index (χ1) is 20.1. The molecule has 224 valence electrons. The number of rotatable bonds is 13. The van der Waals surface area contributed by atoms with E-state index in [2.05, 4.69) is 5.32 Å². The largest absolute Gasteiger partial charge is 0.454 e. The van der Waals surface area contributed by atoms with Crippen LogP contribution in [0.1, 0.15) is 38.3 Å². The first kappa shape index (κ1) is 31.2. The zero-order valence-corrected chi connectivity index (χ0v) is 25.5. The highest BCUT2D eigenvalue weighted by Crippen LogP contribution is 2.36. The van der Waals surface area contributed by atoms with Gasteiger partial charge in [0.05, 0.1) is 11.4 Å². The predicted molar refractivity (Wildman–Crippen MR) is 163 cm³/mol. The molecule has 0 aromatic heterocycles. The molecule has 0 bridgehead atoms. The van der Waals surface area contributed by atoms with Crippen molar-refractivity contribution in [3.8, 4) is 11.5 Å². The van der Waals surface area contributed by atoms with E-state index in [-0.39, 0.29) is 43.1 Å². The molecule has 0 radical (unpaired) electrons. The van der Waals surface area contributed by atoms with Crippen LogP contribution in [0.5, 0.6) is 11.5 Å². The molecule has 2 atom stereocenters. The van der Waals surface area contributed by atoms with Crippen LogP contribution in [0.3, 0.4) is 0 Å². The minimum absolute atomic E-state index is 0.0259. The van der Waals surface area contributed by atoms with Crippen LogP contribution in [0.15, 0.2) is 72.8 Å². The third kappa shape index (κ3) is 7.74. The Hall–Kier alpha value is -3.76. The summed E-state index contributed by atoms with van der Waals surface area (Å²) in [5.74, 6) is -0.208. The first-order valence-corrected chi connectivity index (χ1v) is 15.9. The number of ether oxygens (including phenoxy) is 2. The molecular weight excluding hydrogens is 578 g/mol. The van der Waals surface area contributed by atoms with Gasteiger partial charge in [-0.15, -0.1) is 0 Å². The van der Waals surface area contributed by atoms with E-state index < -0.39 is 28.5 Å². The minimum atomic E-state index is -3.90. The summed E-state index contributed by atoms with van der Waals surface area (Å²) in [7, 11) is -3.90. The van der Waals surface area contributed by atoms with E-state index in [1.54, 1.807) is 36.4 Å². The van der Waals surface area contributed by atoms with Gasteiger partial charge < -0.3 is 19.7 Å². The lowest BCUT2D eigenvalue weighted by Crippen LogP contribution is -2.54. The smallest absolute Gasteiger partial charge is 0.244 e. The molecule has 1 N–H and O–H groups in total. The number of nitrogens with zero attached hydrogens (tertiary/aromatic N) is 2. The molecule has 4 rings (SSSR count). The van der Waals surface area contributed by atoms with Gasteiger partial charge in [-0.3, -0.25) is 13.9 Å². The predicted octanol–water partition coefficient (Wildman–Crippen LogP) is 4.78. The number of hydrogen-bond donors (Lipinski definition) is 1. The van der Waals surface area contributed by atoms with Crippen molar-refractivity contribution in [3.63, 3.8) is 0 Å². The summed E-state index contributed by atoms with van der Waals surface area (Å²) in [5, 5.41) is 3.50. The van der Waals surface area contributed by atoms with Crippen LogP contribution >= 0.6 is 11.6 Å². The first-order valence-electron chi connectivity index (χ1n) is 13.9. The highest BCUT2D eigenvalue weighted by molar-refractivity contribution is 7.92. The molecule has 0 aliphatic carbocycles. The van der Waals surface area contributed by atoms with Gasteiger partial charge >= 0.3 is 0 Å². The Morgan fingerprint density at radius 1 is 0.952 bits per heavy atom. The van der Waals surface area contributed by atoms with Gasteiger partial charge in [-0.05, 0) is 55.7 Å². The Bertz CT molecular complexity index is 1500. The van der Waals surface area contributed by atoms with Gasteiger partial charge in [0.1, 0.15) is 12.6 Å². The van der Waals surface area contributed by atoms with Crippen molar-refractivity contribution in [1.29, 1.82) is 0 Å². The maximum absolute atomic E-state index is 14.3.